The summed E-state index contributed by atoms with van der Waals surface area (Å²) in [6.45, 7) is 0.685. The second kappa shape index (κ2) is 3.89. The van der Waals surface area contributed by atoms with Crippen molar-refractivity contribution in [3.05, 3.63) is 0 Å². The number of rotatable bonds is 2. The molecule has 0 aromatic rings. The van der Waals surface area contributed by atoms with Crippen LogP contribution in [0.5, 0.6) is 0 Å². The zero-order valence-corrected chi connectivity index (χ0v) is 8.21. The third kappa shape index (κ3) is 2.20. The number of piperidine rings is 1. The van der Waals surface area contributed by atoms with Crippen molar-refractivity contribution < 1.29 is 9.59 Å². The van der Waals surface area contributed by atoms with Gasteiger partial charge in [-0.2, -0.15) is 0 Å². The van der Waals surface area contributed by atoms with E-state index < -0.39 is 5.91 Å². The number of likely N-dealkylation sites (tertiary alicyclic amines) is 1. The first kappa shape index (κ1) is 9.51. The first-order chi connectivity index (χ1) is 5.61. The lowest BCUT2D eigenvalue weighted by molar-refractivity contribution is -0.136. The van der Waals surface area contributed by atoms with Gasteiger partial charge in [-0.3, -0.25) is 9.59 Å². The van der Waals surface area contributed by atoms with Gasteiger partial charge in [0.15, 0.2) is 0 Å². The number of alkyl halides is 1. The summed E-state index contributed by atoms with van der Waals surface area (Å²) in [5.74, 6) is -0.481. The van der Waals surface area contributed by atoms with Crippen molar-refractivity contribution in [2.75, 3.05) is 13.1 Å². The number of nitrogens with zero attached hydrogens (tertiary/aromatic N) is 1. The highest BCUT2D eigenvalue weighted by molar-refractivity contribution is 9.10. The van der Waals surface area contributed by atoms with Crippen LogP contribution in [0.3, 0.4) is 0 Å². The summed E-state index contributed by atoms with van der Waals surface area (Å²) in [4.78, 5) is 23.2. The van der Waals surface area contributed by atoms with Crippen molar-refractivity contribution in [1.82, 2.24) is 4.90 Å². The minimum Gasteiger partial charge on any atom is -0.368 e. The Morgan fingerprint density at radius 1 is 1.75 bits per heavy atom. The summed E-state index contributed by atoms with van der Waals surface area (Å²) in [5.41, 5.74) is 4.98. The van der Waals surface area contributed by atoms with Crippen molar-refractivity contribution in [3.8, 4) is 0 Å². The fourth-order valence-corrected chi connectivity index (χ4v) is 1.85. The van der Waals surface area contributed by atoms with E-state index in [4.69, 9.17) is 5.73 Å². The lowest BCUT2D eigenvalue weighted by Crippen LogP contribution is -2.45. The molecule has 0 bridgehead atoms. The Balaban J connectivity index is 2.52. The van der Waals surface area contributed by atoms with E-state index in [0.29, 0.717) is 6.54 Å². The molecule has 12 heavy (non-hydrogen) atoms. The largest absolute Gasteiger partial charge is 0.368 e. The van der Waals surface area contributed by atoms with Gasteiger partial charge in [0, 0.05) is 6.54 Å². The molecule has 1 aliphatic heterocycles. The molecule has 0 spiro atoms. The Bertz CT molecular complexity index is 208. The zero-order valence-electron chi connectivity index (χ0n) is 6.62. The van der Waals surface area contributed by atoms with Crippen LogP contribution in [0.25, 0.3) is 0 Å². The average molecular weight is 235 g/mol. The quantitative estimate of drug-likeness (QED) is 0.677. The van der Waals surface area contributed by atoms with E-state index in [9.17, 15) is 9.59 Å². The van der Waals surface area contributed by atoms with Gasteiger partial charge in [-0.05, 0) is 12.8 Å². The number of halogens is 1. The molecule has 2 amide bonds. The molecule has 0 aliphatic carbocycles. The van der Waals surface area contributed by atoms with E-state index in [2.05, 4.69) is 15.9 Å². The van der Waals surface area contributed by atoms with Gasteiger partial charge in [0.05, 0.1) is 11.4 Å². The van der Waals surface area contributed by atoms with E-state index >= 15 is 0 Å². The maximum atomic E-state index is 11.3. The number of carbonyl (C=O) groups excluding carboxylic acids is 2. The van der Waals surface area contributed by atoms with E-state index in [1.807, 2.05) is 0 Å². The van der Waals surface area contributed by atoms with Crippen LogP contribution >= 0.6 is 15.9 Å². The first-order valence-electron chi connectivity index (χ1n) is 3.82. The predicted octanol–water partition coefficient (Wildman–Crippen LogP) is -0.142. The first-order valence-corrected chi connectivity index (χ1v) is 4.74. The van der Waals surface area contributed by atoms with Crippen LogP contribution in [0, 0.1) is 0 Å². The second-order valence-corrected chi connectivity index (χ2v) is 3.94. The van der Waals surface area contributed by atoms with E-state index in [-0.39, 0.29) is 17.3 Å². The van der Waals surface area contributed by atoms with Gasteiger partial charge in [-0.25, -0.2) is 0 Å². The Morgan fingerprint density at radius 2 is 2.42 bits per heavy atom. The maximum Gasteiger partial charge on any atom is 0.237 e. The van der Waals surface area contributed by atoms with Crippen LogP contribution in [-0.2, 0) is 9.59 Å². The third-order valence-electron chi connectivity index (χ3n) is 1.81. The molecule has 0 radical (unpaired) electrons. The Hall–Kier alpha value is -0.580. The summed E-state index contributed by atoms with van der Waals surface area (Å²) >= 11 is 3.24. The van der Waals surface area contributed by atoms with Gasteiger partial charge < -0.3 is 10.6 Å². The van der Waals surface area contributed by atoms with Crippen molar-refractivity contribution in [3.63, 3.8) is 0 Å². The lowest BCUT2D eigenvalue weighted by Gasteiger charge is -2.28. The number of carbonyl (C=O) groups is 2. The van der Waals surface area contributed by atoms with Gasteiger partial charge in [-0.15, -0.1) is 0 Å². The highest BCUT2D eigenvalue weighted by Gasteiger charge is 2.26. The monoisotopic (exact) mass is 234 g/mol. The van der Waals surface area contributed by atoms with Gasteiger partial charge in [-0.1, -0.05) is 15.9 Å². The topological polar surface area (TPSA) is 63.4 Å². The highest BCUT2D eigenvalue weighted by atomic mass is 79.9. The number of hydrogen-bond acceptors (Lipinski definition) is 2. The van der Waals surface area contributed by atoms with Gasteiger partial charge >= 0.3 is 0 Å². The van der Waals surface area contributed by atoms with Gasteiger partial charge in [0.1, 0.15) is 0 Å². The molecule has 1 unspecified atom stereocenters. The number of nitrogens with two attached hydrogens (primary N) is 1. The molecular formula is C7H11BrN2O2. The standard InChI is InChI=1S/C7H11BrN2O2/c8-5-2-1-3-10(7(5)12)4-6(9)11/h5H,1-4H2,(H2,9,11). The van der Waals surface area contributed by atoms with E-state index in [1.165, 1.54) is 4.90 Å². The maximum absolute atomic E-state index is 11.3. The van der Waals surface area contributed by atoms with Gasteiger partial charge in [0.25, 0.3) is 0 Å². The Labute approximate surface area is 79.2 Å². The summed E-state index contributed by atoms with van der Waals surface area (Å²) in [5, 5.41) is 0. The fraction of sp³-hybridized carbons (Fsp3) is 0.714. The molecule has 2 N–H and O–H groups in total. The van der Waals surface area contributed by atoms with Crippen LogP contribution < -0.4 is 5.73 Å². The molecular weight excluding hydrogens is 224 g/mol. The zero-order chi connectivity index (χ0) is 9.14. The smallest absolute Gasteiger partial charge is 0.237 e. The molecule has 1 rings (SSSR count). The molecule has 0 saturated carbocycles. The van der Waals surface area contributed by atoms with Crippen LogP contribution in [0.4, 0.5) is 0 Å². The number of hydrogen-bond donors (Lipinski definition) is 1. The molecule has 0 aromatic carbocycles. The number of primary amides is 1. The second-order valence-electron chi connectivity index (χ2n) is 2.84. The molecule has 1 fully saturated rings. The molecule has 1 aliphatic rings. The van der Waals surface area contributed by atoms with Crippen molar-refractivity contribution >= 4 is 27.7 Å². The molecule has 5 heteroatoms. The molecule has 1 atom stereocenters. The number of amides is 2. The SMILES string of the molecule is NC(=O)CN1CCCC(Br)C1=O. The van der Waals surface area contributed by atoms with E-state index in [1.54, 1.807) is 0 Å². The van der Waals surface area contributed by atoms with Gasteiger partial charge in [0.2, 0.25) is 11.8 Å². The van der Waals surface area contributed by atoms with E-state index in [0.717, 1.165) is 12.8 Å². The third-order valence-corrected chi connectivity index (χ3v) is 2.66. The average Bonchev–Trinajstić information content (AvgIpc) is 1.98. The molecule has 1 saturated heterocycles. The van der Waals surface area contributed by atoms with Crippen LogP contribution in [-0.4, -0.2) is 34.6 Å². The minimum absolute atomic E-state index is 0.0277. The molecule has 4 nitrogen and oxygen atoms in total. The normalized spacial score (nSPS) is 24.2. The van der Waals surface area contributed by atoms with Crippen molar-refractivity contribution in [2.45, 2.75) is 17.7 Å². The Kier molecular flexibility index (Phi) is 3.08. The van der Waals surface area contributed by atoms with Crippen molar-refractivity contribution in [2.24, 2.45) is 5.73 Å². The minimum atomic E-state index is -0.454. The fourth-order valence-electron chi connectivity index (χ4n) is 1.24. The predicted molar refractivity (Wildman–Crippen MR) is 47.7 cm³/mol. The summed E-state index contributed by atoms with van der Waals surface area (Å²) < 4.78 is 0. The van der Waals surface area contributed by atoms with Crippen LogP contribution in [0.15, 0.2) is 0 Å². The lowest BCUT2D eigenvalue weighted by atomic mass is 10.1. The van der Waals surface area contributed by atoms with Crippen molar-refractivity contribution in [1.29, 1.82) is 0 Å². The summed E-state index contributed by atoms with van der Waals surface area (Å²) in [6, 6.07) is 0. The highest BCUT2D eigenvalue weighted by Crippen LogP contribution is 2.17. The molecule has 1 heterocycles. The van der Waals surface area contributed by atoms with Crippen LogP contribution in [0.1, 0.15) is 12.8 Å². The van der Waals surface area contributed by atoms with Crippen LogP contribution in [0.2, 0.25) is 0 Å². The molecule has 68 valence electrons. The summed E-state index contributed by atoms with van der Waals surface area (Å²) in [7, 11) is 0. The Morgan fingerprint density at radius 3 is 3.00 bits per heavy atom. The molecule has 0 aromatic heterocycles. The summed E-state index contributed by atoms with van der Waals surface area (Å²) in [6.07, 6.45) is 1.77.